The van der Waals surface area contributed by atoms with Crippen molar-refractivity contribution in [1.82, 2.24) is 4.98 Å². The van der Waals surface area contributed by atoms with E-state index in [-0.39, 0.29) is 0 Å². The average molecular weight is 280 g/mol. The van der Waals surface area contributed by atoms with Gasteiger partial charge in [0, 0.05) is 17.0 Å². The Morgan fingerprint density at radius 1 is 1.31 bits per heavy atom. The first-order chi connectivity index (χ1) is 7.27. The van der Waals surface area contributed by atoms with Crippen molar-refractivity contribution in [3.05, 3.63) is 28.0 Å². The third-order valence-electron chi connectivity index (χ3n) is 1.76. The van der Waals surface area contributed by atoms with Crippen molar-refractivity contribution in [2.45, 2.75) is 18.5 Å². The van der Waals surface area contributed by atoms with E-state index in [2.05, 4.69) is 4.98 Å². The summed E-state index contributed by atoms with van der Waals surface area (Å²) < 4.78 is 62.2. The molecule has 0 bridgehead atoms. The third-order valence-corrected chi connectivity index (χ3v) is 2.23. The highest BCUT2D eigenvalue weighted by atomic mass is 35.5. The number of halogens is 7. The fourth-order valence-electron chi connectivity index (χ4n) is 1.13. The van der Waals surface area contributed by atoms with Gasteiger partial charge in [-0.1, -0.05) is 11.6 Å². The molecule has 0 aromatic carbocycles. The lowest BCUT2D eigenvalue weighted by molar-refractivity contribution is -0.141. The fourth-order valence-corrected chi connectivity index (χ4v) is 1.61. The van der Waals surface area contributed by atoms with Gasteiger partial charge >= 0.3 is 6.18 Å². The molecule has 1 nitrogen and oxygen atoms in total. The topological polar surface area (TPSA) is 12.9 Å². The lowest BCUT2D eigenvalue weighted by Gasteiger charge is -2.14. The van der Waals surface area contributed by atoms with Crippen molar-refractivity contribution in [2.75, 3.05) is 0 Å². The van der Waals surface area contributed by atoms with Crippen LogP contribution in [-0.2, 0) is 12.1 Å². The Balaban J connectivity index is 3.49. The van der Waals surface area contributed by atoms with E-state index in [1.807, 2.05) is 0 Å². The number of hydrogen-bond acceptors (Lipinski definition) is 1. The zero-order chi connectivity index (χ0) is 12.5. The molecule has 1 heterocycles. The fraction of sp³-hybridized carbons (Fsp3) is 0.375. The van der Waals surface area contributed by atoms with Crippen LogP contribution >= 0.6 is 23.2 Å². The summed E-state index contributed by atoms with van der Waals surface area (Å²) in [6, 6.07) is 0.680. The first kappa shape index (κ1) is 13.4. The van der Waals surface area contributed by atoms with Crippen LogP contribution in [0.5, 0.6) is 0 Å². The van der Waals surface area contributed by atoms with E-state index in [0.717, 1.165) is 0 Å². The van der Waals surface area contributed by atoms with Crippen molar-refractivity contribution in [2.24, 2.45) is 0 Å². The molecule has 0 aliphatic carbocycles. The molecule has 0 saturated heterocycles. The Bertz CT molecular complexity index is 391. The molecule has 0 atom stereocenters. The Morgan fingerprint density at radius 2 is 1.88 bits per heavy atom. The summed E-state index contributed by atoms with van der Waals surface area (Å²) in [5, 5.41) is -0.642. The summed E-state index contributed by atoms with van der Waals surface area (Å²) in [5.41, 5.74) is -3.05. The van der Waals surface area contributed by atoms with E-state index in [1.165, 1.54) is 0 Å². The van der Waals surface area contributed by atoms with Crippen LogP contribution < -0.4 is 0 Å². The van der Waals surface area contributed by atoms with Gasteiger partial charge < -0.3 is 0 Å². The molecule has 0 amide bonds. The maximum Gasteiger partial charge on any atom is 0.433 e. The molecule has 0 aliphatic rings. The first-order valence-corrected chi connectivity index (χ1v) is 4.79. The maximum atomic E-state index is 12.5. The molecule has 0 spiro atoms. The second-order valence-corrected chi connectivity index (χ2v) is 3.45. The predicted octanol–water partition coefficient (Wildman–Crippen LogP) is 4.43. The van der Waals surface area contributed by atoms with Gasteiger partial charge in [-0.05, 0) is 6.07 Å². The number of nitrogens with zero attached hydrogens (tertiary/aromatic N) is 1. The second kappa shape index (κ2) is 4.71. The minimum absolute atomic E-state index is 0.642. The average Bonchev–Trinajstić information content (AvgIpc) is 2.14. The number of pyridine rings is 1. The molecular weight excluding hydrogens is 276 g/mol. The number of alkyl halides is 6. The summed E-state index contributed by atoms with van der Waals surface area (Å²) in [4.78, 5) is 2.98. The van der Waals surface area contributed by atoms with Crippen LogP contribution in [0.2, 0.25) is 5.15 Å². The van der Waals surface area contributed by atoms with Crippen LogP contribution in [0.15, 0.2) is 6.07 Å². The standard InChI is InChI=1S/C8H4Cl2F5N/c9-2-4-3(7(11)12)1-5(10)16-6(4)8(13,14)15/h1,7H,2H2. The van der Waals surface area contributed by atoms with Gasteiger partial charge in [-0.3, -0.25) is 0 Å². The largest absolute Gasteiger partial charge is 0.433 e. The van der Waals surface area contributed by atoms with Crippen LogP contribution in [0.3, 0.4) is 0 Å². The minimum Gasteiger partial charge on any atom is -0.231 e. The molecular formula is C8H4Cl2F5N. The van der Waals surface area contributed by atoms with Gasteiger partial charge in [0.1, 0.15) is 5.15 Å². The molecule has 1 rings (SSSR count). The summed E-state index contributed by atoms with van der Waals surface area (Å²) in [5.74, 6) is -0.710. The Labute approximate surface area is 97.2 Å². The van der Waals surface area contributed by atoms with E-state index >= 15 is 0 Å². The second-order valence-electron chi connectivity index (χ2n) is 2.79. The van der Waals surface area contributed by atoms with E-state index in [0.29, 0.717) is 6.07 Å². The molecule has 90 valence electrons. The summed E-state index contributed by atoms with van der Waals surface area (Å²) in [7, 11) is 0. The van der Waals surface area contributed by atoms with Crippen LogP contribution in [0.1, 0.15) is 23.2 Å². The van der Waals surface area contributed by atoms with Gasteiger partial charge in [0.2, 0.25) is 0 Å². The molecule has 1 aromatic heterocycles. The highest BCUT2D eigenvalue weighted by molar-refractivity contribution is 6.29. The molecule has 0 saturated carbocycles. The predicted molar refractivity (Wildman–Crippen MR) is 48.8 cm³/mol. The monoisotopic (exact) mass is 279 g/mol. The zero-order valence-corrected chi connectivity index (χ0v) is 8.97. The zero-order valence-electron chi connectivity index (χ0n) is 7.45. The Hall–Kier alpha value is -0.620. The lowest BCUT2D eigenvalue weighted by Crippen LogP contribution is -2.14. The summed E-state index contributed by atoms with van der Waals surface area (Å²) in [6.45, 7) is 0. The Morgan fingerprint density at radius 3 is 2.25 bits per heavy atom. The molecule has 0 fully saturated rings. The van der Waals surface area contributed by atoms with Crippen molar-refractivity contribution in [1.29, 1.82) is 0 Å². The van der Waals surface area contributed by atoms with Crippen molar-refractivity contribution < 1.29 is 22.0 Å². The molecule has 16 heavy (non-hydrogen) atoms. The summed E-state index contributed by atoms with van der Waals surface area (Å²) in [6.07, 6.45) is -7.95. The van der Waals surface area contributed by atoms with E-state index in [4.69, 9.17) is 23.2 Å². The van der Waals surface area contributed by atoms with Gasteiger partial charge in [0.15, 0.2) is 5.69 Å². The van der Waals surface area contributed by atoms with Crippen molar-refractivity contribution in [3.8, 4) is 0 Å². The smallest absolute Gasteiger partial charge is 0.231 e. The highest BCUT2D eigenvalue weighted by Crippen LogP contribution is 2.36. The number of hydrogen-bond donors (Lipinski definition) is 0. The van der Waals surface area contributed by atoms with Crippen LogP contribution in [0.25, 0.3) is 0 Å². The lowest BCUT2D eigenvalue weighted by atomic mass is 10.1. The van der Waals surface area contributed by atoms with Gasteiger partial charge in [0.25, 0.3) is 6.43 Å². The maximum absolute atomic E-state index is 12.5. The SMILES string of the molecule is FC(F)c1cc(Cl)nc(C(F)(F)F)c1CCl. The van der Waals surface area contributed by atoms with E-state index in [1.54, 1.807) is 0 Å². The van der Waals surface area contributed by atoms with Gasteiger partial charge in [-0.2, -0.15) is 13.2 Å². The number of aromatic nitrogens is 1. The highest BCUT2D eigenvalue weighted by Gasteiger charge is 2.37. The minimum atomic E-state index is -4.86. The molecule has 1 aromatic rings. The van der Waals surface area contributed by atoms with E-state index in [9.17, 15) is 22.0 Å². The molecule has 0 unspecified atom stereocenters. The van der Waals surface area contributed by atoms with Gasteiger partial charge in [0.05, 0.1) is 0 Å². The molecule has 8 heteroatoms. The van der Waals surface area contributed by atoms with E-state index < -0.39 is 40.5 Å². The van der Waals surface area contributed by atoms with Crippen molar-refractivity contribution >= 4 is 23.2 Å². The molecule has 0 N–H and O–H groups in total. The van der Waals surface area contributed by atoms with Crippen LogP contribution in [0.4, 0.5) is 22.0 Å². The van der Waals surface area contributed by atoms with Crippen LogP contribution in [0, 0.1) is 0 Å². The summed E-state index contributed by atoms with van der Waals surface area (Å²) >= 11 is 10.5. The quantitative estimate of drug-likeness (QED) is 0.443. The van der Waals surface area contributed by atoms with Crippen LogP contribution in [-0.4, -0.2) is 4.98 Å². The molecule has 0 radical (unpaired) electrons. The molecule has 0 aliphatic heterocycles. The van der Waals surface area contributed by atoms with Gasteiger partial charge in [-0.15, -0.1) is 11.6 Å². The normalized spacial score (nSPS) is 12.2. The first-order valence-electron chi connectivity index (χ1n) is 3.88. The van der Waals surface area contributed by atoms with Gasteiger partial charge in [-0.25, -0.2) is 13.8 Å². The van der Waals surface area contributed by atoms with Crippen molar-refractivity contribution in [3.63, 3.8) is 0 Å². The number of rotatable bonds is 2. The third kappa shape index (κ3) is 2.74. The Kier molecular flexibility index (Phi) is 3.96.